The summed E-state index contributed by atoms with van der Waals surface area (Å²) in [6.07, 6.45) is 5.03. The van der Waals surface area contributed by atoms with E-state index in [-0.39, 0.29) is 19.3 Å². The fourth-order valence-electron chi connectivity index (χ4n) is 1.22. The Balaban J connectivity index is 3.54. The second kappa shape index (κ2) is 18.5. The van der Waals surface area contributed by atoms with Crippen molar-refractivity contribution >= 4 is 0 Å². The lowest BCUT2D eigenvalue weighted by molar-refractivity contribution is -0.261. The molecule has 0 aromatic heterocycles. The van der Waals surface area contributed by atoms with E-state index in [0.29, 0.717) is 26.4 Å². The molecule has 0 bridgehead atoms. The third-order valence-electron chi connectivity index (χ3n) is 2.12. The van der Waals surface area contributed by atoms with Gasteiger partial charge in [-0.3, -0.25) is 0 Å². The van der Waals surface area contributed by atoms with Gasteiger partial charge >= 0.3 is 0 Å². The minimum absolute atomic E-state index is 0.215. The van der Waals surface area contributed by atoms with Crippen molar-refractivity contribution in [3.8, 4) is 0 Å². The summed E-state index contributed by atoms with van der Waals surface area (Å²) >= 11 is 0. The van der Waals surface area contributed by atoms with Crippen molar-refractivity contribution in [2.24, 2.45) is 0 Å². The molecule has 0 fully saturated rings. The Labute approximate surface area is 136 Å². The monoisotopic (exact) mass is 338 g/mol. The summed E-state index contributed by atoms with van der Waals surface area (Å²) in [5.41, 5.74) is 0. The van der Waals surface area contributed by atoms with E-state index in [9.17, 15) is 0 Å². The summed E-state index contributed by atoms with van der Waals surface area (Å²) in [6, 6.07) is 0. The Morgan fingerprint density at radius 3 is 1.87 bits per heavy atom. The number of hydrogen-bond donors (Lipinski definition) is 0. The van der Waals surface area contributed by atoms with E-state index in [1.165, 1.54) is 39.3 Å². The topological polar surface area (TPSA) is 83.1 Å². The van der Waals surface area contributed by atoms with Gasteiger partial charge in [-0.2, -0.15) is 9.78 Å². The van der Waals surface area contributed by atoms with E-state index in [4.69, 9.17) is 24.0 Å². The minimum atomic E-state index is -0.215. The molecule has 136 valence electrons. The Kier molecular flexibility index (Phi) is 17.3. The average molecular weight is 338 g/mol. The van der Waals surface area contributed by atoms with Crippen molar-refractivity contribution in [1.82, 2.24) is 0 Å². The maximum absolute atomic E-state index is 5.54. The van der Waals surface area contributed by atoms with Gasteiger partial charge in [0.05, 0.1) is 40.6 Å². The molecule has 23 heavy (non-hydrogen) atoms. The molecule has 9 heteroatoms. The van der Waals surface area contributed by atoms with Crippen LogP contribution in [0.1, 0.15) is 0 Å². The highest BCUT2D eigenvalue weighted by molar-refractivity contribution is 4.57. The molecule has 0 radical (unpaired) electrons. The molecule has 1 unspecified atom stereocenters. The van der Waals surface area contributed by atoms with Gasteiger partial charge in [-0.1, -0.05) is 0 Å². The van der Waals surface area contributed by atoms with Crippen LogP contribution in [0, 0.1) is 0 Å². The van der Waals surface area contributed by atoms with Gasteiger partial charge in [0.15, 0.2) is 12.5 Å². The Bertz CT molecular complexity index is 283. The minimum Gasteiger partial charge on any atom is -0.501 e. The zero-order valence-corrected chi connectivity index (χ0v) is 13.8. The summed E-state index contributed by atoms with van der Waals surface area (Å²) in [5, 5.41) is 0. The first-order valence-electron chi connectivity index (χ1n) is 6.95. The van der Waals surface area contributed by atoms with Crippen LogP contribution in [0.3, 0.4) is 0 Å². The van der Waals surface area contributed by atoms with Crippen molar-refractivity contribution in [2.45, 2.75) is 6.10 Å². The molecule has 1 atom stereocenters. The van der Waals surface area contributed by atoms with Gasteiger partial charge in [-0.25, -0.2) is 0 Å². The predicted molar refractivity (Wildman–Crippen MR) is 78.8 cm³/mol. The molecule has 0 aliphatic carbocycles. The van der Waals surface area contributed by atoms with E-state index in [2.05, 4.69) is 19.2 Å². The lowest BCUT2D eigenvalue weighted by Gasteiger charge is -2.16. The molecule has 0 aromatic carbocycles. The Morgan fingerprint density at radius 1 is 0.696 bits per heavy atom. The van der Waals surface area contributed by atoms with Crippen molar-refractivity contribution < 1.29 is 43.2 Å². The molecule has 0 N–H and O–H groups in total. The van der Waals surface area contributed by atoms with Crippen LogP contribution in [-0.2, 0) is 43.2 Å². The van der Waals surface area contributed by atoms with E-state index in [0.717, 1.165) is 0 Å². The smallest absolute Gasteiger partial charge is 0.163 e. The van der Waals surface area contributed by atoms with Crippen molar-refractivity contribution in [3.63, 3.8) is 0 Å². The van der Waals surface area contributed by atoms with Crippen LogP contribution in [0.5, 0.6) is 0 Å². The zero-order chi connectivity index (χ0) is 17.0. The predicted octanol–water partition coefficient (Wildman–Crippen LogP) is 1.17. The van der Waals surface area contributed by atoms with Crippen LogP contribution in [0.2, 0.25) is 0 Å². The Morgan fingerprint density at radius 2 is 1.30 bits per heavy atom. The molecular weight excluding hydrogens is 312 g/mol. The highest BCUT2D eigenvalue weighted by Crippen LogP contribution is 1.96. The number of methoxy groups -OCH3 is 3. The summed E-state index contributed by atoms with van der Waals surface area (Å²) < 4.78 is 25.2. The quantitative estimate of drug-likeness (QED) is 0.168. The molecule has 0 heterocycles. The second-order valence-electron chi connectivity index (χ2n) is 3.88. The van der Waals surface area contributed by atoms with E-state index in [1.807, 2.05) is 0 Å². The summed E-state index contributed by atoms with van der Waals surface area (Å²) in [7, 11) is 4.60. The van der Waals surface area contributed by atoms with Crippen molar-refractivity contribution in [3.05, 3.63) is 25.0 Å². The van der Waals surface area contributed by atoms with E-state index in [1.54, 1.807) is 7.11 Å². The highest BCUT2D eigenvalue weighted by atomic mass is 17.2. The van der Waals surface area contributed by atoms with Gasteiger partial charge < -0.3 is 33.5 Å². The number of hydrogen-bond acceptors (Lipinski definition) is 9. The van der Waals surface area contributed by atoms with Gasteiger partial charge in [0.25, 0.3) is 0 Å². The van der Waals surface area contributed by atoms with E-state index >= 15 is 0 Å². The van der Waals surface area contributed by atoms with Crippen LogP contribution in [0.4, 0.5) is 0 Å². The molecule has 0 aromatic rings. The molecule has 0 aliphatic heterocycles. The fraction of sp³-hybridized carbons (Fsp3) is 0.714. The van der Waals surface area contributed by atoms with Crippen LogP contribution in [-0.4, -0.2) is 67.1 Å². The largest absolute Gasteiger partial charge is 0.501 e. The maximum Gasteiger partial charge on any atom is 0.163 e. The lowest BCUT2D eigenvalue weighted by Crippen LogP contribution is -2.27. The Hall–Kier alpha value is -1.52. The standard InChI is InChI=1S/C14H26O9/c1-15-4-8-20-22-10-6-18-13-14(12-17-3)19-7-11-23-21-9-5-16-2/h4-5,8-9,14H,6-7,10-13H2,1-3H3. The maximum atomic E-state index is 5.54. The van der Waals surface area contributed by atoms with Crippen molar-refractivity contribution in [2.75, 3.05) is 61.0 Å². The third kappa shape index (κ3) is 16.7. The zero-order valence-electron chi connectivity index (χ0n) is 13.8. The molecule has 0 rings (SSSR count). The van der Waals surface area contributed by atoms with Gasteiger partial charge in [0.2, 0.25) is 0 Å². The lowest BCUT2D eigenvalue weighted by atomic mass is 10.4. The average Bonchev–Trinajstić information content (AvgIpc) is 2.56. The molecule has 9 nitrogen and oxygen atoms in total. The summed E-state index contributed by atoms with van der Waals surface area (Å²) in [5.74, 6) is 0. The van der Waals surface area contributed by atoms with Crippen LogP contribution < -0.4 is 0 Å². The van der Waals surface area contributed by atoms with Gasteiger partial charge in [0, 0.05) is 7.11 Å². The number of ether oxygens (including phenoxy) is 5. The molecule has 0 saturated heterocycles. The summed E-state index contributed by atoms with van der Waals surface area (Å²) in [6.45, 7) is 1.98. The molecule has 0 saturated carbocycles. The van der Waals surface area contributed by atoms with E-state index < -0.39 is 0 Å². The van der Waals surface area contributed by atoms with Gasteiger partial charge in [-0.15, -0.1) is 0 Å². The second-order valence-corrected chi connectivity index (χ2v) is 3.88. The van der Waals surface area contributed by atoms with Gasteiger partial charge in [0.1, 0.15) is 31.8 Å². The van der Waals surface area contributed by atoms with Crippen LogP contribution >= 0.6 is 0 Å². The normalized spacial score (nSPS) is 12.7. The van der Waals surface area contributed by atoms with Gasteiger partial charge in [-0.05, 0) is 0 Å². The summed E-state index contributed by atoms with van der Waals surface area (Å²) in [4.78, 5) is 19.0. The highest BCUT2D eigenvalue weighted by Gasteiger charge is 2.09. The van der Waals surface area contributed by atoms with Crippen molar-refractivity contribution in [1.29, 1.82) is 0 Å². The molecular formula is C14H26O9. The number of rotatable bonds is 17. The van der Waals surface area contributed by atoms with Crippen LogP contribution in [0.15, 0.2) is 25.0 Å². The van der Waals surface area contributed by atoms with Crippen LogP contribution in [0.25, 0.3) is 0 Å². The first-order chi connectivity index (χ1) is 11.3. The fourth-order valence-corrected chi connectivity index (χ4v) is 1.22. The third-order valence-corrected chi connectivity index (χ3v) is 2.12. The molecule has 0 amide bonds. The SMILES string of the molecule is COC=COOCCOCC(COC)OCCOOC=COC. The first-order valence-corrected chi connectivity index (χ1v) is 6.95. The molecule has 0 aliphatic rings. The molecule has 0 spiro atoms. The first kappa shape index (κ1) is 21.5.